The predicted molar refractivity (Wildman–Crippen MR) is 70.1 cm³/mol. The van der Waals surface area contributed by atoms with Gasteiger partial charge in [0.25, 0.3) is 0 Å². The Kier molecular flexibility index (Phi) is 3.79. The van der Waals surface area contributed by atoms with Gasteiger partial charge in [0.2, 0.25) is 11.7 Å². The second kappa shape index (κ2) is 5.51. The largest absolute Gasteiger partial charge is 0.373 e. The summed E-state index contributed by atoms with van der Waals surface area (Å²) in [5.41, 5.74) is -0.141. The third-order valence-corrected chi connectivity index (χ3v) is 2.92. The van der Waals surface area contributed by atoms with Crippen LogP contribution in [-0.4, -0.2) is 35.4 Å². The minimum absolute atomic E-state index is 0.110. The molecule has 3 N–H and O–H groups in total. The molecule has 1 aliphatic heterocycles. The number of carbonyl (C=O) groups is 1. The number of nitrogens with zero attached hydrogens (tertiary/aromatic N) is 2. The van der Waals surface area contributed by atoms with Crippen molar-refractivity contribution < 1.29 is 9.72 Å². The highest BCUT2D eigenvalue weighted by Gasteiger charge is 2.25. The first-order chi connectivity index (χ1) is 9.11. The summed E-state index contributed by atoms with van der Waals surface area (Å²) in [4.78, 5) is 26.2. The van der Waals surface area contributed by atoms with E-state index in [0.29, 0.717) is 18.8 Å². The topological polar surface area (TPSA) is 109 Å². The number of aromatic nitrogens is 1. The summed E-state index contributed by atoms with van der Waals surface area (Å²) in [7, 11) is 1.67. The van der Waals surface area contributed by atoms with E-state index in [4.69, 9.17) is 0 Å². The highest BCUT2D eigenvalue weighted by Crippen LogP contribution is 2.25. The lowest BCUT2D eigenvalue weighted by Gasteiger charge is -2.23. The molecule has 1 fully saturated rings. The lowest BCUT2D eigenvalue weighted by molar-refractivity contribution is -0.384. The second-order valence-electron chi connectivity index (χ2n) is 4.20. The molecule has 1 saturated heterocycles. The molecule has 1 amide bonds. The fourth-order valence-corrected chi connectivity index (χ4v) is 1.92. The van der Waals surface area contributed by atoms with Crippen LogP contribution in [0.4, 0.5) is 17.3 Å². The summed E-state index contributed by atoms with van der Waals surface area (Å²) in [6, 6.07) is 2.40. The van der Waals surface area contributed by atoms with Crippen LogP contribution in [0.3, 0.4) is 0 Å². The van der Waals surface area contributed by atoms with Crippen molar-refractivity contribution in [1.29, 1.82) is 0 Å². The van der Waals surface area contributed by atoms with Crippen molar-refractivity contribution in [3.63, 3.8) is 0 Å². The zero-order chi connectivity index (χ0) is 13.8. The first-order valence-corrected chi connectivity index (χ1v) is 5.99. The van der Waals surface area contributed by atoms with E-state index in [9.17, 15) is 14.9 Å². The zero-order valence-corrected chi connectivity index (χ0v) is 10.5. The number of anilines is 2. The highest BCUT2D eigenvalue weighted by atomic mass is 16.6. The number of carbonyl (C=O) groups excluding carboxylic acids is 1. The van der Waals surface area contributed by atoms with E-state index in [1.165, 1.54) is 12.1 Å². The fourth-order valence-electron chi connectivity index (χ4n) is 1.92. The Balaban J connectivity index is 2.26. The minimum Gasteiger partial charge on any atom is -0.373 e. The van der Waals surface area contributed by atoms with Crippen molar-refractivity contribution in [3.8, 4) is 0 Å². The van der Waals surface area contributed by atoms with Crippen LogP contribution in [0.1, 0.15) is 12.8 Å². The number of rotatable bonds is 4. The van der Waals surface area contributed by atoms with Gasteiger partial charge in [-0.25, -0.2) is 4.98 Å². The predicted octanol–water partition coefficient (Wildman–Crippen LogP) is 0.722. The third-order valence-electron chi connectivity index (χ3n) is 2.92. The average Bonchev–Trinajstić information content (AvgIpc) is 2.41. The van der Waals surface area contributed by atoms with E-state index in [1.54, 1.807) is 7.05 Å². The number of pyridine rings is 1. The monoisotopic (exact) mass is 265 g/mol. The highest BCUT2D eigenvalue weighted by molar-refractivity contribution is 5.85. The molecule has 0 spiro atoms. The van der Waals surface area contributed by atoms with E-state index in [-0.39, 0.29) is 17.4 Å². The summed E-state index contributed by atoms with van der Waals surface area (Å²) >= 11 is 0. The number of piperidine rings is 1. The molecule has 0 saturated carbocycles. The van der Waals surface area contributed by atoms with Gasteiger partial charge >= 0.3 is 5.69 Å². The molecule has 1 aromatic rings. The van der Waals surface area contributed by atoms with Crippen molar-refractivity contribution >= 4 is 23.2 Å². The normalized spacial score (nSPS) is 18.6. The molecule has 8 heteroatoms. The van der Waals surface area contributed by atoms with Crippen LogP contribution < -0.4 is 16.0 Å². The van der Waals surface area contributed by atoms with Crippen molar-refractivity contribution in [2.24, 2.45) is 0 Å². The number of amides is 1. The summed E-state index contributed by atoms with van der Waals surface area (Å²) < 4.78 is 0. The Hall–Kier alpha value is -2.38. The smallest absolute Gasteiger partial charge is 0.311 e. The third kappa shape index (κ3) is 2.90. The SMILES string of the molecule is CNc1ccc([N+](=O)[O-])c(NC2CCCNC2=O)n1. The first-order valence-electron chi connectivity index (χ1n) is 5.99. The van der Waals surface area contributed by atoms with Gasteiger partial charge in [-0.2, -0.15) is 0 Å². The van der Waals surface area contributed by atoms with E-state index in [0.717, 1.165) is 6.42 Å². The second-order valence-corrected chi connectivity index (χ2v) is 4.20. The minimum atomic E-state index is -0.518. The molecule has 19 heavy (non-hydrogen) atoms. The van der Waals surface area contributed by atoms with E-state index < -0.39 is 11.0 Å². The van der Waals surface area contributed by atoms with Crippen LogP contribution >= 0.6 is 0 Å². The number of nitrogens with one attached hydrogen (secondary N) is 3. The Morgan fingerprint density at radius 3 is 2.95 bits per heavy atom. The summed E-state index contributed by atoms with van der Waals surface area (Å²) in [5.74, 6) is 0.459. The number of hydrogen-bond acceptors (Lipinski definition) is 6. The van der Waals surface area contributed by atoms with Crippen molar-refractivity contribution in [2.45, 2.75) is 18.9 Å². The number of nitro groups is 1. The Labute approximate surface area is 109 Å². The lowest BCUT2D eigenvalue weighted by atomic mass is 10.1. The molecule has 102 valence electrons. The maximum absolute atomic E-state index is 11.6. The van der Waals surface area contributed by atoms with Gasteiger partial charge in [0.05, 0.1) is 4.92 Å². The van der Waals surface area contributed by atoms with E-state index in [1.807, 2.05) is 0 Å². The molecule has 1 atom stereocenters. The lowest BCUT2D eigenvalue weighted by Crippen LogP contribution is -2.44. The van der Waals surface area contributed by atoms with Crippen molar-refractivity contribution in [2.75, 3.05) is 24.2 Å². The molecule has 0 bridgehead atoms. The molecule has 0 aliphatic carbocycles. The molecule has 0 radical (unpaired) electrons. The van der Waals surface area contributed by atoms with E-state index in [2.05, 4.69) is 20.9 Å². The van der Waals surface area contributed by atoms with Gasteiger partial charge < -0.3 is 16.0 Å². The Bertz CT molecular complexity index is 505. The molecule has 2 heterocycles. The van der Waals surface area contributed by atoms with Crippen LogP contribution in [0.15, 0.2) is 12.1 Å². The summed E-state index contributed by atoms with van der Waals surface area (Å²) in [6.45, 7) is 0.642. The van der Waals surface area contributed by atoms with E-state index >= 15 is 0 Å². The van der Waals surface area contributed by atoms with Gasteiger partial charge in [0, 0.05) is 19.7 Å². The van der Waals surface area contributed by atoms with Gasteiger partial charge in [0.15, 0.2) is 0 Å². The Morgan fingerprint density at radius 1 is 1.53 bits per heavy atom. The number of hydrogen-bond donors (Lipinski definition) is 3. The average molecular weight is 265 g/mol. The van der Waals surface area contributed by atoms with Crippen LogP contribution in [0.5, 0.6) is 0 Å². The molecule has 1 aromatic heterocycles. The molecular formula is C11H15N5O3. The molecule has 1 unspecified atom stereocenters. The first kappa shape index (κ1) is 13.1. The fraction of sp³-hybridized carbons (Fsp3) is 0.455. The quantitative estimate of drug-likeness (QED) is 0.546. The molecule has 1 aliphatic rings. The van der Waals surface area contributed by atoms with Crippen LogP contribution in [0, 0.1) is 10.1 Å². The molecule has 2 rings (SSSR count). The molecule has 0 aromatic carbocycles. The summed E-state index contributed by atoms with van der Waals surface area (Å²) in [6.07, 6.45) is 1.47. The van der Waals surface area contributed by atoms with Crippen LogP contribution in [-0.2, 0) is 4.79 Å². The Morgan fingerprint density at radius 2 is 2.32 bits per heavy atom. The maximum Gasteiger partial charge on any atom is 0.311 e. The standard InChI is InChI=1S/C11H15N5O3/c1-12-9-5-4-8(16(18)19)10(15-9)14-7-3-2-6-13-11(7)17/h4-5,7H,2-3,6H2,1H3,(H,13,17)(H2,12,14,15). The van der Waals surface area contributed by atoms with Gasteiger partial charge in [-0.1, -0.05) is 0 Å². The van der Waals surface area contributed by atoms with Crippen molar-refractivity contribution in [1.82, 2.24) is 10.3 Å². The summed E-state index contributed by atoms with van der Waals surface area (Å²) in [5, 5.41) is 19.3. The zero-order valence-electron chi connectivity index (χ0n) is 10.5. The molecule has 8 nitrogen and oxygen atoms in total. The van der Waals surface area contributed by atoms with Gasteiger partial charge in [-0.15, -0.1) is 0 Å². The van der Waals surface area contributed by atoms with Crippen LogP contribution in [0.25, 0.3) is 0 Å². The molecular weight excluding hydrogens is 250 g/mol. The van der Waals surface area contributed by atoms with Gasteiger partial charge in [-0.05, 0) is 18.9 Å². The van der Waals surface area contributed by atoms with Crippen LogP contribution in [0.2, 0.25) is 0 Å². The van der Waals surface area contributed by atoms with Gasteiger partial charge in [-0.3, -0.25) is 14.9 Å². The van der Waals surface area contributed by atoms with Gasteiger partial charge in [0.1, 0.15) is 11.9 Å². The van der Waals surface area contributed by atoms with Crippen molar-refractivity contribution in [3.05, 3.63) is 22.2 Å². The maximum atomic E-state index is 11.6.